The van der Waals surface area contributed by atoms with Crippen LogP contribution in [0, 0.1) is 5.92 Å². The summed E-state index contributed by atoms with van der Waals surface area (Å²) < 4.78 is 0. The minimum absolute atomic E-state index is 0.769. The van der Waals surface area contributed by atoms with Crippen LogP contribution in [0.25, 0.3) is 10.9 Å². The van der Waals surface area contributed by atoms with Gasteiger partial charge in [0.15, 0.2) is 0 Å². The Kier molecular flexibility index (Phi) is 4.41. The van der Waals surface area contributed by atoms with Gasteiger partial charge in [0.1, 0.15) is 0 Å². The van der Waals surface area contributed by atoms with Gasteiger partial charge in [0.2, 0.25) is 0 Å². The molecule has 2 nitrogen and oxygen atoms in total. The fraction of sp³-hybridized carbons (Fsp3) is 0.471. The highest BCUT2D eigenvalue weighted by molar-refractivity contribution is 6.31. The van der Waals surface area contributed by atoms with Crippen molar-refractivity contribution >= 4 is 28.2 Å². The van der Waals surface area contributed by atoms with Gasteiger partial charge < -0.3 is 5.32 Å². The third kappa shape index (κ3) is 3.24. The fourth-order valence-electron chi connectivity index (χ4n) is 3.18. The zero-order valence-corrected chi connectivity index (χ0v) is 12.5. The maximum Gasteiger partial charge on any atom is 0.0934 e. The quantitative estimate of drug-likeness (QED) is 0.829. The molecule has 1 N–H and O–H groups in total. The van der Waals surface area contributed by atoms with Crippen LogP contribution < -0.4 is 5.32 Å². The van der Waals surface area contributed by atoms with E-state index in [-0.39, 0.29) is 0 Å². The molecule has 0 amide bonds. The Morgan fingerprint density at radius 2 is 2.05 bits per heavy atom. The lowest BCUT2D eigenvalue weighted by Crippen LogP contribution is -2.12. The Bertz CT molecular complexity index is 576. The molecule has 3 rings (SSSR count). The van der Waals surface area contributed by atoms with E-state index in [4.69, 9.17) is 11.6 Å². The van der Waals surface area contributed by atoms with Gasteiger partial charge in [0.05, 0.1) is 11.2 Å². The van der Waals surface area contributed by atoms with Crippen LogP contribution >= 0.6 is 11.6 Å². The first-order valence-electron chi connectivity index (χ1n) is 7.61. The predicted octanol–water partition coefficient (Wildman–Crippen LogP) is 5.27. The second-order valence-corrected chi connectivity index (χ2v) is 6.18. The SMILES string of the molecule is Clc1cc(NCCC2CCCCC2)c2ncccc2c1. The second kappa shape index (κ2) is 6.45. The first kappa shape index (κ1) is 13.7. The lowest BCUT2D eigenvalue weighted by Gasteiger charge is -2.21. The van der Waals surface area contributed by atoms with Crippen LogP contribution in [-0.4, -0.2) is 11.5 Å². The largest absolute Gasteiger partial charge is 0.383 e. The topological polar surface area (TPSA) is 24.9 Å². The van der Waals surface area contributed by atoms with Crippen LogP contribution in [-0.2, 0) is 0 Å². The van der Waals surface area contributed by atoms with Gasteiger partial charge in [-0.05, 0) is 30.5 Å². The summed E-state index contributed by atoms with van der Waals surface area (Å²) in [5.41, 5.74) is 2.07. The van der Waals surface area contributed by atoms with Crippen molar-refractivity contribution in [3.63, 3.8) is 0 Å². The number of nitrogens with zero attached hydrogens (tertiary/aromatic N) is 1. The van der Waals surface area contributed by atoms with Crippen LogP contribution in [0.1, 0.15) is 38.5 Å². The smallest absolute Gasteiger partial charge is 0.0934 e. The van der Waals surface area contributed by atoms with Crippen LogP contribution in [0.5, 0.6) is 0 Å². The summed E-state index contributed by atoms with van der Waals surface area (Å²) in [5.74, 6) is 0.898. The zero-order valence-electron chi connectivity index (χ0n) is 11.7. The number of rotatable bonds is 4. The zero-order chi connectivity index (χ0) is 13.8. The first-order valence-corrected chi connectivity index (χ1v) is 7.99. The number of fused-ring (bicyclic) bond motifs is 1. The minimum atomic E-state index is 0.769. The average molecular weight is 289 g/mol. The van der Waals surface area contributed by atoms with Gasteiger partial charge in [0.25, 0.3) is 0 Å². The lowest BCUT2D eigenvalue weighted by atomic mass is 9.87. The molecule has 20 heavy (non-hydrogen) atoms. The highest BCUT2D eigenvalue weighted by atomic mass is 35.5. The van der Waals surface area contributed by atoms with Crippen molar-refractivity contribution in [2.24, 2.45) is 5.92 Å². The summed E-state index contributed by atoms with van der Waals surface area (Å²) in [5, 5.41) is 5.40. The van der Waals surface area contributed by atoms with Gasteiger partial charge in [-0.3, -0.25) is 4.98 Å². The molecule has 1 aromatic heterocycles. The van der Waals surface area contributed by atoms with Crippen LogP contribution in [0.15, 0.2) is 30.5 Å². The molecule has 1 aliphatic rings. The molecule has 3 heteroatoms. The highest BCUT2D eigenvalue weighted by Gasteiger charge is 2.13. The number of benzene rings is 1. The van der Waals surface area contributed by atoms with Crippen molar-refractivity contribution < 1.29 is 0 Å². The Morgan fingerprint density at radius 3 is 2.90 bits per heavy atom. The molecule has 0 unspecified atom stereocenters. The Labute approximate surface area is 125 Å². The third-order valence-corrected chi connectivity index (χ3v) is 4.48. The molecule has 0 atom stereocenters. The highest BCUT2D eigenvalue weighted by Crippen LogP contribution is 2.28. The van der Waals surface area contributed by atoms with Gasteiger partial charge in [-0.2, -0.15) is 0 Å². The molecule has 1 aromatic carbocycles. The maximum atomic E-state index is 6.18. The number of halogens is 1. The number of hydrogen-bond donors (Lipinski definition) is 1. The van der Waals surface area contributed by atoms with Gasteiger partial charge in [-0.25, -0.2) is 0 Å². The summed E-state index contributed by atoms with van der Waals surface area (Å²) in [6, 6.07) is 7.96. The Morgan fingerprint density at radius 1 is 1.20 bits per heavy atom. The molecular weight excluding hydrogens is 268 g/mol. The molecule has 1 saturated carbocycles. The summed E-state index contributed by atoms with van der Waals surface area (Å²) in [7, 11) is 0. The van der Waals surface area contributed by atoms with Crippen molar-refractivity contribution in [2.45, 2.75) is 38.5 Å². The molecule has 0 radical (unpaired) electrons. The van der Waals surface area contributed by atoms with Gasteiger partial charge >= 0.3 is 0 Å². The first-order chi connectivity index (χ1) is 9.83. The van der Waals surface area contributed by atoms with E-state index in [1.807, 2.05) is 24.4 Å². The molecular formula is C17H21ClN2. The van der Waals surface area contributed by atoms with Gasteiger partial charge in [-0.15, -0.1) is 0 Å². The van der Waals surface area contributed by atoms with Crippen molar-refractivity contribution in [2.75, 3.05) is 11.9 Å². The van der Waals surface area contributed by atoms with Crippen molar-refractivity contribution in [1.29, 1.82) is 0 Å². The number of pyridine rings is 1. The maximum absolute atomic E-state index is 6.18. The molecule has 0 spiro atoms. The van der Waals surface area contributed by atoms with Crippen molar-refractivity contribution in [1.82, 2.24) is 4.98 Å². The van der Waals surface area contributed by atoms with E-state index in [2.05, 4.69) is 16.4 Å². The van der Waals surface area contributed by atoms with Crippen LogP contribution in [0.2, 0.25) is 5.02 Å². The molecule has 106 valence electrons. The number of hydrogen-bond acceptors (Lipinski definition) is 2. The van der Waals surface area contributed by atoms with Crippen molar-refractivity contribution in [3.05, 3.63) is 35.5 Å². The number of nitrogens with one attached hydrogen (secondary N) is 1. The van der Waals surface area contributed by atoms with E-state index >= 15 is 0 Å². The Hall–Kier alpha value is -1.28. The molecule has 1 aliphatic carbocycles. The molecule has 1 heterocycles. The van der Waals surface area contributed by atoms with E-state index < -0.39 is 0 Å². The molecule has 1 fully saturated rings. The summed E-state index contributed by atoms with van der Waals surface area (Å²) in [4.78, 5) is 4.47. The fourth-order valence-corrected chi connectivity index (χ4v) is 3.40. The molecule has 0 bridgehead atoms. The normalized spacial score (nSPS) is 16.4. The lowest BCUT2D eigenvalue weighted by molar-refractivity contribution is 0.345. The molecule has 0 aliphatic heterocycles. The van der Waals surface area contributed by atoms with Crippen LogP contribution in [0.3, 0.4) is 0 Å². The summed E-state index contributed by atoms with van der Waals surface area (Å²) >= 11 is 6.18. The second-order valence-electron chi connectivity index (χ2n) is 5.75. The van der Waals surface area contributed by atoms with Gasteiger partial charge in [-0.1, -0.05) is 49.8 Å². The molecule has 0 saturated heterocycles. The van der Waals surface area contributed by atoms with E-state index in [1.54, 1.807) is 0 Å². The van der Waals surface area contributed by atoms with E-state index in [9.17, 15) is 0 Å². The monoisotopic (exact) mass is 288 g/mol. The summed E-state index contributed by atoms with van der Waals surface area (Å²) in [6.45, 7) is 1.01. The Balaban J connectivity index is 1.67. The van der Waals surface area contributed by atoms with Gasteiger partial charge in [0, 0.05) is 23.2 Å². The van der Waals surface area contributed by atoms with E-state index in [1.165, 1.54) is 38.5 Å². The predicted molar refractivity (Wildman–Crippen MR) is 86.4 cm³/mol. The van der Waals surface area contributed by atoms with Crippen molar-refractivity contribution in [3.8, 4) is 0 Å². The summed E-state index contributed by atoms with van der Waals surface area (Å²) in [6.07, 6.45) is 10.1. The van der Waals surface area contributed by atoms with E-state index in [0.717, 1.165) is 34.1 Å². The van der Waals surface area contributed by atoms with Crippen LogP contribution in [0.4, 0.5) is 5.69 Å². The minimum Gasteiger partial charge on any atom is -0.383 e. The van der Waals surface area contributed by atoms with E-state index in [0.29, 0.717) is 0 Å². The average Bonchev–Trinajstić information content (AvgIpc) is 2.48. The number of aromatic nitrogens is 1. The molecule has 2 aromatic rings. The standard InChI is InChI=1S/C17H21ClN2/c18-15-11-14-7-4-9-20-17(14)16(12-15)19-10-8-13-5-2-1-3-6-13/h4,7,9,11-13,19H,1-3,5-6,8,10H2. The third-order valence-electron chi connectivity index (χ3n) is 4.26. The number of anilines is 1.